The Bertz CT molecular complexity index is 636. The van der Waals surface area contributed by atoms with Gasteiger partial charge in [-0.25, -0.2) is 4.79 Å². The fourth-order valence-corrected chi connectivity index (χ4v) is 4.32. The molecule has 0 aromatic heterocycles. The first-order chi connectivity index (χ1) is 11.7. The smallest absolute Gasteiger partial charge is 0.334 e. The zero-order valence-electron chi connectivity index (χ0n) is 15.9. The molecule has 0 amide bonds. The molecule has 4 nitrogen and oxygen atoms in total. The van der Waals surface area contributed by atoms with E-state index in [0.717, 1.165) is 30.4 Å². The summed E-state index contributed by atoms with van der Waals surface area (Å²) in [7, 11) is 1.36. The lowest BCUT2D eigenvalue weighted by Crippen LogP contribution is -2.37. The van der Waals surface area contributed by atoms with Crippen molar-refractivity contribution in [1.82, 2.24) is 0 Å². The highest BCUT2D eigenvalue weighted by Crippen LogP contribution is 2.48. The molecule has 25 heavy (non-hydrogen) atoms. The van der Waals surface area contributed by atoms with E-state index in [1.165, 1.54) is 7.11 Å². The van der Waals surface area contributed by atoms with Crippen LogP contribution >= 0.6 is 0 Å². The van der Waals surface area contributed by atoms with Crippen molar-refractivity contribution in [2.24, 2.45) is 11.3 Å². The van der Waals surface area contributed by atoms with Gasteiger partial charge in [0.15, 0.2) is 5.78 Å². The van der Waals surface area contributed by atoms with Gasteiger partial charge in [0.05, 0.1) is 13.2 Å². The van der Waals surface area contributed by atoms with Crippen LogP contribution in [-0.4, -0.2) is 30.1 Å². The lowest BCUT2D eigenvalue weighted by atomic mass is 9.62. The summed E-state index contributed by atoms with van der Waals surface area (Å²) in [6, 6.07) is 0. The number of carbonyl (C=O) groups is 2. The van der Waals surface area contributed by atoms with Gasteiger partial charge in [-0.3, -0.25) is 4.79 Å². The normalized spacial score (nSPS) is 28.0. The molecule has 2 bridgehead atoms. The Morgan fingerprint density at radius 1 is 1.32 bits per heavy atom. The number of hydrogen-bond donors (Lipinski definition) is 1. The number of rotatable bonds is 1. The number of Topliss-reactive ketones (excluding diaryl/α,β-unsaturated/α-hetero) is 1. The zero-order chi connectivity index (χ0) is 18.8. The van der Waals surface area contributed by atoms with Gasteiger partial charge >= 0.3 is 5.97 Å². The highest BCUT2D eigenvalue weighted by Gasteiger charge is 2.43. The SMILES string of the molecule is C=C1CCC2CCC(C(=O)OC)=C(C(=O)CC(C)=CC(O)C1)C2(C)C. The molecule has 1 N–H and O–H groups in total. The molecular weight excluding hydrogens is 316 g/mol. The number of esters is 1. The highest BCUT2D eigenvalue weighted by molar-refractivity contribution is 6.05. The summed E-state index contributed by atoms with van der Waals surface area (Å²) in [6.07, 6.45) is 5.06. The number of aliphatic hydroxyl groups excluding tert-OH is 1. The summed E-state index contributed by atoms with van der Waals surface area (Å²) >= 11 is 0. The van der Waals surface area contributed by atoms with Gasteiger partial charge in [-0.2, -0.15) is 0 Å². The predicted molar refractivity (Wildman–Crippen MR) is 97.9 cm³/mol. The second-order valence-corrected chi connectivity index (χ2v) is 7.98. The standard InChI is InChI=1S/C21H30O4/c1-13-6-7-15-8-9-17(20(24)25-5)19(21(15,3)4)18(23)12-14(2)11-16(22)10-13/h11,15-16,22H,1,6-10,12H2,2-5H3. The van der Waals surface area contributed by atoms with Gasteiger partial charge < -0.3 is 9.84 Å². The monoisotopic (exact) mass is 346 g/mol. The molecule has 138 valence electrons. The Balaban J connectivity index is 2.53. The molecule has 0 heterocycles. The summed E-state index contributed by atoms with van der Waals surface area (Å²) in [5.74, 6) is -0.124. The van der Waals surface area contributed by atoms with E-state index in [1.807, 2.05) is 6.92 Å². The van der Waals surface area contributed by atoms with Crippen LogP contribution in [0.2, 0.25) is 0 Å². The molecule has 2 atom stereocenters. The number of ketones is 1. The molecule has 2 rings (SSSR count). The van der Waals surface area contributed by atoms with Crippen LogP contribution in [0.5, 0.6) is 0 Å². The number of fused-ring (bicyclic) bond motifs is 2. The summed E-state index contributed by atoms with van der Waals surface area (Å²) in [5, 5.41) is 10.2. The largest absolute Gasteiger partial charge is 0.466 e. The van der Waals surface area contributed by atoms with Gasteiger partial charge in [0.1, 0.15) is 0 Å². The van der Waals surface area contributed by atoms with Crippen LogP contribution in [0.15, 0.2) is 34.9 Å². The van der Waals surface area contributed by atoms with E-state index in [4.69, 9.17) is 4.74 Å². The molecule has 0 fully saturated rings. The number of hydrogen-bond acceptors (Lipinski definition) is 4. The molecular formula is C21H30O4. The minimum absolute atomic E-state index is 0.0320. The minimum atomic E-state index is -0.610. The molecule has 0 aromatic rings. The average Bonchev–Trinajstić information content (AvgIpc) is 2.50. The number of aliphatic hydroxyl groups is 1. The van der Waals surface area contributed by atoms with Gasteiger partial charge in [0.2, 0.25) is 0 Å². The number of allylic oxidation sites excluding steroid dienone is 2. The molecule has 2 aliphatic rings. The molecule has 4 heteroatoms. The predicted octanol–water partition coefficient (Wildman–Crippen LogP) is 3.90. The third kappa shape index (κ3) is 4.30. The van der Waals surface area contributed by atoms with Crippen LogP contribution in [0.3, 0.4) is 0 Å². The van der Waals surface area contributed by atoms with Crippen LogP contribution in [0, 0.1) is 11.3 Å². The summed E-state index contributed by atoms with van der Waals surface area (Å²) in [5.41, 5.74) is 2.61. The summed E-state index contributed by atoms with van der Waals surface area (Å²) in [6.45, 7) is 10.1. The van der Waals surface area contributed by atoms with Crippen molar-refractivity contribution in [1.29, 1.82) is 0 Å². The lowest BCUT2D eigenvalue weighted by molar-refractivity contribution is -0.137. The van der Waals surface area contributed by atoms with E-state index in [2.05, 4.69) is 20.4 Å². The van der Waals surface area contributed by atoms with Crippen LogP contribution in [0.1, 0.15) is 59.3 Å². The van der Waals surface area contributed by atoms with Gasteiger partial charge in [-0.1, -0.05) is 37.6 Å². The molecule has 0 aromatic carbocycles. The fraction of sp³-hybridized carbons (Fsp3) is 0.619. The first-order valence-electron chi connectivity index (χ1n) is 9.04. The molecule has 0 saturated carbocycles. The van der Waals surface area contributed by atoms with E-state index >= 15 is 0 Å². The Kier molecular flexibility index (Phi) is 6.04. The van der Waals surface area contributed by atoms with E-state index in [9.17, 15) is 14.7 Å². The lowest BCUT2D eigenvalue weighted by Gasteiger charge is -2.41. The summed E-state index contributed by atoms with van der Waals surface area (Å²) in [4.78, 5) is 25.3. The second-order valence-electron chi connectivity index (χ2n) is 7.98. The van der Waals surface area contributed by atoms with Gasteiger partial charge in [-0.05, 0) is 50.4 Å². The van der Waals surface area contributed by atoms with Gasteiger partial charge in [0.25, 0.3) is 0 Å². The molecule has 0 aliphatic heterocycles. The molecule has 2 unspecified atom stereocenters. The van der Waals surface area contributed by atoms with Crippen molar-refractivity contribution >= 4 is 11.8 Å². The Morgan fingerprint density at radius 3 is 2.60 bits per heavy atom. The number of carbonyl (C=O) groups excluding carboxylic acids is 2. The van der Waals surface area contributed by atoms with E-state index in [0.29, 0.717) is 29.9 Å². The third-order valence-corrected chi connectivity index (χ3v) is 5.68. The van der Waals surface area contributed by atoms with Crippen molar-refractivity contribution in [3.63, 3.8) is 0 Å². The maximum absolute atomic E-state index is 13.1. The Morgan fingerprint density at radius 2 is 1.96 bits per heavy atom. The first-order valence-corrected chi connectivity index (χ1v) is 9.04. The van der Waals surface area contributed by atoms with E-state index < -0.39 is 12.1 Å². The first kappa shape index (κ1) is 19.6. The van der Waals surface area contributed by atoms with Crippen LogP contribution < -0.4 is 0 Å². The minimum Gasteiger partial charge on any atom is -0.466 e. The van der Waals surface area contributed by atoms with Crippen molar-refractivity contribution in [3.8, 4) is 0 Å². The molecule has 2 aliphatic carbocycles. The van der Waals surface area contributed by atoms with E-state index in [1.54, 1.807) is 6.08 Å². The van der Waals surface area contributed by atoms with Crippen molar-refractivity contribution < 1.29 is 19.4 Å². The maximum atomic E-state index is 13.1. The van der Waals surface area contributed by atoms with Crippen molar-refractivity contribution in [3.05, 3.63) is 34.9 Å². The second kappa shape index (κ2) is 7.69. The Labute approximate surface area is 150 Å². The number of ether oxygens (including phenoxy) is 1. The Hall–Kier alpha value is -1.68. The van der Waals surface area contributed by atoms with Gasteiger partial charge in [0, 0.05) is 17.6 Å². The van der Waals surface area contributed by atoms with Gasteiger partial charge in [-0.15, -0.1) is 0 Å². The van der Waals surface area contributed by atoms with Crippen molar-refractivity contribution in [2.75, 3.05) is 7.11 Å². The van der Waals surface area contributed by atoms with Crippen LogP contribution in [0.4, 0.5) is 0 Å². The number of methoxy groups -OCH3 is 1. The topological polar surface area (TPSA) is 63.6 Å². The average molecular weight is 346 g/mol. The van der Waals surface area contributed by atoms with E-state index in [-0.39, 0.29) is 17.6 Å². The molecule has 0 radical (unpaired) electrons. The fourth-order valence-electron chi connectivity index (χ4n) is 4.32. The summed E-state index contributed by atoms with van der Waals surface area (Å²) < 4.78 is 4.94. The van der Waals surface area contributed by atoms with Crippen molar-refractivity contribution in [2.45, 2.75) is 65.4 Å². The molecule has 0 spiro atoms. The quantitative estimate of drug-likeness (QED) is 0.578. The highest BCUT2D eigenvalue weighted by atomic mass is 16.5. The molecule has 0 saturated heterocycles. The van der Waals surface area contributed by atoms with Crippen LogP contribution in [-0.2, 0) is 14.3 Å². The zero-order valence-corrected chi connectivity index (χ0v) is 15.9. The third-order valence-electron chi connectivity index (χ3n) is 5.68. The van der Waals surface area contributed by atoms with Crippen LogP contribution in [0.25, 0.3) is 0 Å². The maximum Gasteiger partial charge on any atom is 0.334 e.